The number of carbonyl (C=O) groups excluding carboxylic acids is 1. The minimum atomic E-state index is -4.43. The summed E-state index contributed by atoms with van der Waals surface area (Å²) in [4.78, 5) is 16.2. The van der Waals surface area contributed by atoms with Crippen LogP contribution in [0.1, 0.15) is 52.0 Å². The van der Waals surface area contributed by atoms with Crippen molar-refractivity contribution in [3.05, 3.63) is 54.0 Å². The van der Waals surface area contributed by atoms with Crippen LogP contribution in [0.15, 0.2) is 42.7 Å². The van der Waals surface area contributed by atoms with Gasteiger partial charge in [0.15, 0.2) is 5.82 Å². The number of hydrogen-bond donors (Lipinski definition) is 4. The number of aliphatic hydroxyl groups excluding tert-OH is 2. The van der Waals surface area contributed by atoms with E-state index in [1.807, 2.05) is 26.8 Å². The van der Waals surface area contributed by atoms with E-state index in [4.69, 9.17) is 24.3 Å². The standard InChI is InChI=1S/C27H35N6O8P/c1-6-38-25(36)16(2)32-42(37,41-18-9-7-17(8-10-18)26(3,4)5)39-14-27(13-28)23(35)21(34)22(40-27)19-11-12-20-24(29)30-15-31-33(19)20/h7-12,15-16,21-23,34-35H,6,14H2,1-5H3,(H,32,37)(H2,29,30,31)/t16-,21-,22-,23-,27+,42-/m0/s1. The van der Waals surface area contributed by atoms with Gasteiger partial charge in [-0.1, -0.05) is 32.9 Å². The summed E-state index contributed by atoms with van der Waals surface area (Å²) in [7, 11) is -4.43. The van der Waals surface area contributed by atoms with Gasteiger partial charge in [-0.15, -0.1) is 0 Å². The van der Waals surface area contributed by atoms with Crippen LogP contribution >= 0.6 is 7.75 Å². The summed E-state index contributed by atoms with van der Waals surface area (Å²) in [5.41, 5.74) is 5.27. The lowest BCUT2D eigenvalue weighted by molar-refractivity contribution is -0.144. The van der Waals surface area contributed by atoms with Crippen molar-refractivity contribution in [1.29, 1.82) is 5.26 Å². The minimum absolute atomic E-state index is 0.0903. The second-order valence-electron chi connectivity index (χ2n) is 10.9. The highest BCUT2D eigenvalue weighted by Gasteiger charge is 2.57. The van der Waals surface area contributed by atoms with E-state index in [2.05, 4.69) is 15.2 Å². The Hall–Kier alpha value is -3.57. The maximum Gasteiger partial charge on any atom is 0.459 e. The zero-order valence-electron chi connectivity index (χ0n) is 23.9. The van der Waals surface area contributed by atoms with Gasteiger partial charge in [-0.25, -0.2) is 14.1 Å². The Morgan fingerprint density at radius 3 is 2.60 bits per heavy atom. The number of fused-ring (bicyclic) bond motifs is 1. The predicted octanol–water partition coefficient (Wildman–Crippen LogP) is 2.41. The van der Waals surface area contributed by atoms with Crippen molar-refractivity contribution in [1.82, 2.24) is 19.7 Å². The molecule has 1 fully saturated rings. The minimum Gasteiger partial charge on any atom is -0.465 e. The number of aromatic nitrogens is 3. The molecule has 0 amide bonds. The van der Waals surface area contributed by atoms with Gasteiger partial charge in [0.05, 0.1) is 12.3 Å². The summed E-state index contributed by atoms with van der Waals surface area (Å²) >= 11 is 0. The van der Waals surface area contributed by atoms with Crippen molar-refractivity contribution in [3.8, 4) is 11.8 Å². The zero-order valence-corrected chi connectivity index (χ0v) is 24.8. The smallest absolute Gasteiger partial charge is 0.459 e. The van der Waals surface area contributed by atoms with E-state index in [0.29, 0.717) is 5.52 Å². The quantitative estimate of drug-likeness (QED) is 0.195. The first-order valence-corrected chi connectivity index (χ1v) is 14.8. The maximum absolute atomic E-state index is 14.0. The number of nitriles is 1. The summed E-state index contributed by atoms with van der Waals surface area (Å²) in [6.07, 6.45) is -3.42. The fraction of sp³-hybridized carbons (Fsp3) is 0.481. The monoisotopic (exact) mass is 602 g/mol. The lowest BCUT2D eigenvalue weighted by Crippen LogP contribution is -2.46. The molecule has 6 atom stereocenters. The number of benzene rings is 1. The van der Waals surface area contributed by atoms with E-state index in [-0.39, 0.29) is 29.3 Å². The molecule has 42 heavy (non-hydrogen) atoms. The van der Waals surface area contributed by atoms with E-state index < -0.39 is 50.3 Å². The molecule has 4 rings (SSSR count). The van der Waals surface area contributed by atoms with Gasteiger partial charge in [-0.2, -0.15) is 15.4 Å². The van der Waals surface area contributed by atoms with Gasteiger partial charge in [0.1, 0.15) is 54.6 Å². The first kappa shape index (κ1) is 31.4. The summed E-state index contributed by atoms with van der Waals surface area (Å²) in [5.74, 6) is -0.379. The van der Waals surface area contributed by atoms with Gasteiger partial charge in [0, 0.05) is 0 Å². The molecule has 2 aromatic heterocycles. The van der Waals surface area contributed by atoms with Crippen LogP contribution in [0.25, 0.3) is 5.52 Å². The Labute approximate surface area is 242 Å². The number of hydrogen-bond acceptors (Lipinski definition) is 12. The number of ether oxygens (including phenoxy) is 2. The summed E-state index contributed by atoms with van der Waals surface area (Å²) in [6.45, 7) is 8.42. The van der Waals surface area contributed by atoms with Crippen LogP contribution in [0.5, 0.6) is 5.75 Å². The molecule has 0 saturated carbocycles. The highest BCUT2D eigenvalue weighted by Crippen LogP contribution is 2.48. The van der Waals surface area contributed by atoms with Gasteiger partial charge >= 0.3 is 13.7 Å². The van der Waals surface area contributed by atoms with E-state index >= 15 is 0 Å². The molecule has 0 spiro atoms. The SMILES string of the molecule is CCOC(=O)[C@H](C)N[P@](=O)(OC[C@@]1(C#N)O[C@@H](c2ccc3c(N)ncnn23)[C@H](O)[C@@H]1O)Oc1ccc(C(C)(C)C)cc1. The lowest BCUT2D eigenvalue weighted by atomic mass is 9.87. The first-order chi connectivity index (χ1) is 19.7. The summed E-state index contributed by atoms with van der Waals surface area (Å²) in [5, 5.41) is 38.6. The van der Waals surface area contributed by atoms with Crippen molar-refractivity contribution in [3.63, 3.8) is 0 Å². The largest absolute Gasteiger partial charge is 0.465 e. The molecule has 0 radical (unpaired) electrons. The van der Waals surface area contributed by atoms with Gasteiger partial charge in [0.2, 0.25) is 5.60 Å². The van der Waals surface area contributed by atoms with Crippen LogP contribution < -0.4 is 15.3 Å². The molecule has 0 unspecified atom stereocenters. The molecule has 3 heterocycles. The Balaban J connectivity index is 1.61. The van der Waals surface area contributed by atoms with Crippen LogP contribution in [-0.2, 0) is 28.8 Å². The molecule has 0 aliphatic carbocycles. The number of nitrogen functional groups attached to an aromatic ring is 1. The number of nitrogens with two attached hydrogens (primary N) is 1. The number of nitrogens with one attached hydrogen (secondary N) is 1. The average molecular weight is 603 g/mol. The molecule has 3 aromatic rings. The van der Waals surface area contributed by atoms with Crippen LogP contribution in [0.2, 0.25) is 0 Å². The highest BCUT2D eigenvalue weighted by atomic mass is 31.2. The fourth-order valence-electron chi connectivity index (χ4n) is 4.46. The van der Waals surface area contributed by atoms with Gasteiger partial charge in [0.25, 0.3) is 0 Å². The number of esters is 1. The number of anilines is 1. The molecule has 1 aromatic carbocycles. The molecular formula is C27H35N6O8P. The van der Waals surface area contributed by atoms with Crippen LogP contribution in [-0.4, -0.2) is 67.8 Å². The predicted molar refractivity (Wildman–Crippen MR) is 150 cm³/mol. The molecule has 1 saturated heterocycles. The molecule has 15 heteroatoms. The van der Waals surface area contributed by atoms with Crippen LogP contribution in [0, 0.1) is 11.3 Å². The summed E-state index contributed by atoms with van der Waals surface area (Å²) < 4.78 is 37.6. The van der Waals surface area contributed by atoms with Crippen molar-refractivity contribution >= 4 is 25.1 Å². The Morgan fingerprint density at radius 2 is 1.98 bits per heavy atom. The van der Waals surface area contributed by atoms with Crippen molar-refractivity contribution in [2.75, 3.05) is 18.9 Å². The molecule has 14 nitrogen and oxygen atoms in total. The van der Waals surface area contributed by atoms with Crippen LogP contribution in [0.3, 0.4) is 0 Å². The van der Waals surface area contributed by atoms with Gasteiger partial charge in [-0.3, -0.25) is 9.32 Å². The average Bonchev–Trinajstić information content (AvgIpc) is 3.47. The molecule has 5 N–H and O–H groups in total. The Bertz CT molecular complexity index is 1520. The second-order valence-corrected chi connectivity index (χ2v) is 12.6. The highest BCUT2D eigenvalue weighted by molar-refractivity contribution is 7.52. The lowest BCUT2D eigenvalue weighted by Gasteiger charge is -2.28. The number of nitrogens with zero attached hydrogens (tertiary/aromatic N) is 4. The molecule has 1 aliphatic heterocycles. The second kappa shape index (κ2) is 12.0. The molecule has 1 aliphatic rings. The topological polar surface area (TPSA) is 204 Å². The van der Waals surface area contributed by atoms with E-state index in [1.54, 1.807) is 43.3 Å². The molecule has 0 bridgehead atoms. The van der Waals surface area contributed by atoms with Gasteiger partial charge in [-0.05, 0) is 49.1 Å². The third-order valence-corrected chi connectivity index (χ3v) is 8.45. The van der Waals surface area contributed by atoms with Crippen molar-refractivity contribution in [2.24, 2.45) is 0 Å². The first-order valence-electron chi connectivity index (χ1n) is 13.3. The Morgan fingerprint density at radius 1 is 1.29 bits per heavy atom. The van der Waals surface area contributed by atoms with E-state index in [9.17, 15) is 24.8 Å². The number of aliphatic hydroxyl groups is 2. The number of carbonyl (C=O) groups is 1. The van der Waals surface area contributed by atoms with Gasteiger partial charge < -0.3 is 29.9 Å². The van der Waals surface area contributed by atoms with Crippen molar-refractivity contribution in [2.45, 2.75) is 70.0 Å². The third-order valence-electron chi connectivity index (χ3n) is 6.83. The maximum atomic E-state index is 14.0. The Kier molecular flexibility index (Phi) is 8.94. The van der Waals surface area contributed by atoms with E-state index in [0.717, 1.165) is 5.56 Å². The molecular weight excluding hydrogens is 567 g/mol. The molecule has 226 valence electrons. The zero-order chi connectivity index (χ0) is 30.9. The number of rotatable bonds is 10. The summed E-state index contributed by atoms with van der Waals surface area (Å²) in [6, 6.07) is 10.7. The van der Waals surface area contributed by atoms with Crippen molar-refractivity contribution < 1.29 is 38.1 Å². The normalized spacial score (nSPS) is 24.6. The van der Waals surface area contributed by atoms with Crippen LogP contribution in [0.4, 0.5) is 5.82 Å². The van der Waals surface area contributed by atoms with E-state index in [1.165, 1.54) is 17.8 Å². The third kappa shape index (κ3) is 6.27. The fourth-order valence-corrected chi connectivity index (χ4v) is 5.98.